The molecular formula is C50H49Cl5N8O8. The third kappa shape index (κ3) is 16.0. The first-order valence-corrected chi connectivity index (χ1v) is 24.3. The van der Waals surface area contributed by atoms with Crippen molar-refractivity contribution in [2.75, 3.05) is 46.2 Å². The summed E-state index contributed by atoms with van der Waals surface area (Å²) in [6.45, 7) is 8.46. The summed E-state index contributed by atoms with van der Waals surface area (Å²) in [5.41, 5.74) is 3.71. The first-order valence-electron chi connectivity index (χ1n) is 22.0. The van der Waals surface area contributed by atoms with Gasteiger partial charge in [-0.15, -0.1) is 34.8 Å². The lowest BCUT2D eigenvalue weighted by Crippen LogP contribution is -2.32. The predicted molar refractivity (Wildman–Crippen MR) is 279 cm³/mol. The van der Waals surface area contributed by atoms with Crippen LogP contribution in [0.15, 0.2) is 111 Å². The number of halogens is 5. The Kier molecular flexibility index (Phi) is 20.9. The molecule has 3 unspecified atom stereocenters. The summed E-state index contributed by atoms with van der Waals surface area (Å²) in [6, 6.07) is 20.2. The molecule has 0 aromatic heterocycles. The average molecular weight is 1070 g/mol. The highest BCUT2D eigenvalue weighted by atomic mass is 35.5. The third-order valence-corrected chi connectivity index (χ3v) is 11.3. The Morgan fingerprint density at radius 1 is 0.563 bits per heavy atom. The minimum absolute atomic E-state index is 0.0139. The Balaban J connectivity index is 1.28. The Labute approximate surface area is 435 Å². The second-order valence-corrected chi connectivity index (χ2v) is 17.8. The molecule has 71 heavy (non-hydrogen) atoms. The number of hydrogen-bond acceptors (Lipinski definition) is 12. The van der Waals surface area contributed by atoms with Crippen molar-refractivity contribution >= 4 is 127 Å². The second kappa shape index (κ2) is 26.7. The van der Waals surface area contributed by atoms with Crippen molar-refractivity contribution in [3.63, 3.8) is 0 Å². The Hall–Kier alpha value is -6.43. The van der Waals surface area contributed by atoms with Gasteiger partial charge in [0.1, 0.15) is 22.9 Å². The van der Waals surface area contributed by atoms with Crippen LogP contribution in [0.5, 0.6) is 11.5 Å². The van der Waals surface area contributed by atoms with Gasteiger partial charge in [-0.05, 0) is 143 Å². The third-order valence-electron chi connectivity index (χ3n) is 10.1. The number of alkyl halides is 3. The lowest BCUT2D eigenvalue weighted by Gasteiger charge is -2.17. The number of aryl methyl sites for hydroxylation is 2. The molecule has 0 aliphatic carbocycles. The van der Waals surface area contributed by atoms with Crippen LogP contribution in [0.3, 0.4) is 0 Å². The maximum atomic E-state index is 13.6. The van der Waals surface area contributed by atoms with Crippen molar-refractivity contribution in [1.82, 2.24) is 0 Å². The van der Waals surface area contributed by atoms with Crippen molar-refractivity contribution < 1.29 is 38.2 Å². The number of benzene rings is 5. The van der Waals surface area contributed by atoms with Gasteiger partial charge in [0.15, 0.2) is 11.6 Å². The SMILES string of the molecule is CCOc1cc(CCCl)cc(NC(=O)c2ccc(Cl)c(N=NC(C(C)=O)C(=O)Nc3ccc(NC(=O)C(N=Nc4cc(C(=O)Nc5cc(CCCl)cc(OCC)c5)ccc4Cl)C(C)=O)c(C(C)Cl)c3)c2)c1. The van der Waals surface area contributed by atoms with Crippen LogP contribution in [0.2, 0.25) is 10.0 Å². The number of carbonyl (C=O) groups is 6. The zero-order chi connectivity index (χ0) is 51.8. The van der Waals surface area contributed by atoms with E-state index in [0.717, 1.165) is 25.0 Å². The molecule has 0 radical (unpaired) electrons. The zero-order valence-corrected chi connectivity index (χ0v) is 42.9. The van der Waals surface area contributed by atoms with Gasteiger partial charge in [0.25, 0.3) is 23.6 Å². The summed E-state index contributed by atoms with van der Waals surface area (Å²) < 4.78 is 11.3. The molecule has 0 fully saturated rings. The number of amides is 4. The fourth-order valence-electron chi connectivity index (χ4n) is 6.71. The molecule has 372 valence electrons. The van der Waals surface area contributed by atoms with E-state index in [1.807, 2.05) is 26.0 Å². The molecule has 21 heteroatoms. The van der Waals surface area contributed by atoms with E-state index in [4.69, 9.17) is 67.5 Å². The minimum atomic E-state index is -1.65. The molecular weight excluding hydrogens is 1020 g/mol. The number of carbonyl (C=O) groups excluding carboxylic acids is 6. The molecule has 5 aromatic rings. The summed E-state index contributed by atoms with van der Waals surface area (Å²) >= 11 is 31.2. The standard InChI is InChI=1S/C50H49Cl5N8O8/c1-6-70-37-20-30(14-16-51)18-35(24-37)57-47(66)32-8-11-40(54)43(22-32)60-62-45(28(4)64)49(68)56-34-10-13-42(39(26-34)27(3)53)59-50(69)46(29(5)65)63-61-44-23-33(9-12-41(44)55)48(67)58-36-19-31(15-17-52)21-38(25-36)71-7-2/h8-13,18-27,45-46H,6-7,14-17H2,1-5H3,(H,56,68)(H,57,66)(H,58,67)(H,59,69). The number of rotatable bonds is 23. The first-order chi connectivity index (χ1) is 33.9. The van der Waals surface area contributed by atoms with Crippen molar-refractivity contribution in [1.29, 1.82) is 0 Å². The van der Waals surface area contributed by atoms with Gasteiger partial charge in [0, 0.05) is 57.8 Å². The van der Waals surface area contributed by atoms with Crippen molar-refractivity contribution in [2.24, 2.45) is 20.5 Å². The fraction of sp³-hybridized carbons (Fsp3) is 0.280. The molecule has 4 amide bonds. The van der Waals surface area contributed by atoms with E-state index in [2.05, 4.69) is 41.7 Å². The molecule has 0 saturated heterocycles. The Morgan fingerprint density at radius 3 is 1.42 bits per heavy atom. The molecule has 5 rings (SSSR count). The Morgan fingerprint density at radius 2 is 1.01 bits per heavy atom. The maximum absolute atomic E-state index is 13.6. The van der Waals surface area contributed by atoms with Crippen LogP contribution in [0, 0.1) is 0 Å². The number of ketones is 2. The van der Waals surface area contributed by atoms with E-state index in [0.29, 0.717) is 66.3 Å². The minimum Gasteiger partial charge on any atom is -0.494 e. The van der Waals surface area contributed by atoms with Crippen LogP contribution in [0.25, 0.3) is 0 Å². The van der Waals surface area contributed by atoms with Gasteiger partial charge >= 0.3 is 0 Å². The van der Waals surface area contributed by atoms with Gasteiger partial charge in [0.2, 0.25) is 12.1 Å². The zero-order valence-electron chi connectivity index (χ0n) is 39.1. The molecule has 5 aromatic carbocycles. The molecule has 0 heterocycles. The number of nitrogens with one attached hydrogen (secondary N) is 4. The van der Waals surface area contributed by atoms with Gasteiger partial charge in [-0.2, -0.15) is 20.5 Å². The largest absolute Gasteiger partial charge is 0.494 e. The summed E-state index contributed by atoms with van der Waals surface area (Å²) in [5.74, 6) is -2.17. The van der Waals surface area contributed by atoms with Crippen LogP contribution in [0.1, 0.15) is 77.4 Å². The number of hydrogen-bond donors (Lipinski definition) is 4. The van der Waals surface area contributed by atoms with Gasteiger partial charge in [-0.1, -0.05) is 23.2 Å². The van der Waals surface area contributed by atoms with Crippen LogP contribution >= 0.6 is 58.0 Å². The molecule has 4 N–H and O–H groups in total. The van der Waals surface area contributed by atoms with E-state index >= 15 is 0 Å². The van der Waals surface area contributed by atoms with Gasteiger partial charge < -0.3 is 30.7 Å². The molecule has 0 bridgehead atoms. The van der Waals surface area contributed by atoms with E-state index in [-0.39, 0.29) is 43.9 Å². The first kappa shape index (κ1) is 55.5. The number of Topliss-reactive ketones (excluding diaryl/α,β-unsaturated/α-hetero) is 2. The molecule has 0 aliphatic rings. The summed E-state index contributed by atoms with van der Waals surface area (Å²) in [6.07, 6.45) is 1.11. The normalized spacial score (nSPS) is 12.5. The molecule has 3 atom stereocenters. The van der Waals surface area contributed by atoms with Gasteiger partial charge in [-0.25, -0.2) is 0 Å². The Bertz CT molecular complexity index is 2810. The average Bonchev–Trinajstić information content (AvgIpc) is 3.30. The smallest absolute Gasteiger partial charge is 0.258 e. The van der Waals surface area contributed by atoms with E-state index in [9.17, 15) is 28.8 Å². The van der Waals surface area contributed by atoms with E-state index < -0.39 is 52.7 Å². The summed E-state index contributed by atoms with van der Waals surface area (Å²) in [4.78, 5) is 79.3. The van der Waals surface area contributed by atoms with Gasteiger partial charge in [0.05, 0.1) is 28.6 Å². The van der Waals surface area contributed by atoms with E-state index in [1.165, 1.54) is 54.6 Å². The van der Waals surface area contributed by atoms with Crippen molar-refractivity contribution in [3.8, 4) is 11.5 Å². The monoisotopic (exact) mass is 1060 g/mol. The van der Waals surface area contributed by atoms with Crippen molar-refractivity contribution in [3.05, 3.63) is 129 Å². The highest BCUT2D eigenvalue weighted by Crippen LogP contribution is 2.33. The fourth-order valence-corrected chi connectivity index (χ4v) is 7.64. The predicted octanol–water partition coefficient (Wildman–Crippen LogP) is 12.5. The highest BCUT2D eigenvalue weighted by molar-refractivity contribution is 6.33. The second-order valence-electron chi connectivity index (χ2n) is 15.6. The lowest BCUT2D eigenvalue weighted by molar-refractivity contribution is -0.127. The number of ether oxygens (including phenoxy) is 2. The van der Waals surface area contributed by atoms with Crippen LogP contribution in [-0.4, -0.2) is 72.3 Å². The topological polar surface area (TPSA) is 218 Å². The summed E-state index contributed by atoms with van der Waals surface area (Å²) in [7, 11) is 0. The molecule has 16 nitrogen and oxygen atoms in total. The van der Waals surface area contributed by atoms with Crippen LogP contribution in [-0.2, 0) is 32.0 Å². The lowest BCUT2D eigenvalue weighted by atomic mass is 10.1. The van der Waals surface area contributed by atoms with Crippen LogP contribution in [0.4, 0.5) is 34.1 Å². The van der Waals surface area contributed by atoms with Crippen molar-refractivity contribution in [2.45, 2.75) is 64.9 Å². The summed E-state index contributed by atoms with van der Waals surface area (Å²) in [5, 5.41) is 26.5. The van der Waals surface area contributed by atoms with Gasteiger partial charge in [-0.3, -0.25) is 28.8 Å². The maximum Gasteiger partial charge on any atom is 0.258 e. The number of anilines is 4. The van der Waals surface area contributed by atoms with Crippen LogP contribution < -0.4 is 30.7 Å². The number of nitrogens with zero attached hydrogens (tertiary/aromatic N) is 4. The molecule has 0 spiro atoms. The van der Waals surface area contributed by atoms with E-state index in [1.54, 1.807) is 31.2 Å². The highest BCUT2D eigenvalue weighted by Gasteiger charge is 2.27. The number of azo groups is 2. The quantitative estimate of drug-likeness (QED) is 0.0279. The molecule has 0 aliphatic heterocycles. The molecule has 0 saturated carbocycles.